The molecule has 0 spiro atoms. The van der Waals surface area contributed by atoms with Crippen LogP contribution in [0.2, 0.25) is 0 Å². The zero-order valence-corrected chi connectivity index (χ0v) is 65.5. The van der Waals surface area contributed by atoms with Crippen LogP contribution in [0.25, 0.3) is 0 Å². The highest BCUT2D eigenvalue weighted by molar-refractivity contribution is 5.76. The summed E-state index contributed by atoms with van der Waals surface area (Å²) in [5.41, 5.74) is 0. The van der Waals surface area contributed by atoms with Crippen molar-refractivity contribution in [2.24, 2.45) is 0 Å². The van der Waals surface area contributed by atoms with Crippen molar-refractivity contribution in [2.75, 3.05) is 39.6 Å². The summed E-state index contributed by atoms with van der Waals surface area (Å²) in [5, 5.41) is 175. The molecule has 3 amide bonds. The molecule has 5 aliphatic rings. The molecule has 638 valence electrons. The van der Waals surface area contributed by atoms with Crippen molar-refractivity contribution in [2.45, 2.75) is 424 Å². The maximum absolute atomic E-state index is 13.6. The average Bonchev–Trinajstić information content (AvgIpc) is 0.772. The fourth-order valence-electron chi connectivity index (χ4n) is 15.0. The second-order valence-electron chi connectivity index (χ2n) is 30.7. The molecule has 31 nitrogen and oxygen atoms in total. The number of aliphatic hydroxyl groups excluding tert-OH is 15. The van der Waals surface area contributed by atoms with Crippen molar-refractivity contribution in [3.63, 3.8) is 0 Å². The van der Waals surface area contributed by atoms with E-state index >= 15 is 0 Å². The molecule has 5 aliphatic heterocycles. The Hall–Kier alpha value is -2.85. The van der Waals surface area contributed by atoms with Gasteiger partial charge in [-0.2, -0.15) is 0 Å². The molecule has 0 radical (unpaired) electrons. The van der Waals surface area contributed by atoms with Gasteiger partial charge in [-0.1, -0.05) is 231 Å². The van der Waals surface area contributed by atoms with Gasteiger partial charge in [0.05, 0.1) is 51.8 Å². The summed E-state index contributed by atoms with van der Waals surface area (Å²) in [6, 6.07) is -4.36. The summed E-state index contributed by atoms with van der Waals surface area (Å²) in [5.74, 6) is -1.89. The van der Waals surface area contributed by atoms with Crippen molar-refractivity contribution in [3.8, 4) is 0 Å². The first-order valence-corrected chi connectivity index (χ1v) is 41.5. The van der Waals surface area contributed by atoms with Crippen molar-refractivity contribution < 1.29 is 138 Å². The van der Waals surface area contributed by atoms with Gasteiger partial charge in [0.1, 0.15) is 122 Å². The zero-order chi connectivity index (χ0) is 79.6. The van der Waals surface area contributed by atoms with E-state index in [9.17, 15) is 91.0 Å². The number of unbranched alkanes of at least 4 members (excludes halogenated alkanes) is 33. The molecule has 0 aromatic rings. The predicted octanol–water partition coefficient (Wildman–Crippen LogP) is 2.87. The Balaban J connectivity index is 1.18. The Bertz CT molecular complexity index is 2420. The maximum atomic E-state index is 13.6. The molecule has 0 bridgehead atoms. The molecular weight excluding hydrogens is 1430 g/mol. The monoisotopic (exact) mass is 1570 g/mol. The number of rotatable bonds is 57. The minimum absolute atomic E-state index is 0.188. The van der Waals surface area contributed by atoms with Gasteiger partial charge >= 0.3 is 0 Å². The number of amides is 3. The molecule has 109 heavy (non-hydrogen) atoms. The minimum Gasteiger partial charge on any atom is -0.394 e. The second-order valence-corrected chi connectivity index (χ2v) is 30.7. The molecule has 5 fully saturated rings. The molecule has 0 aliphatic carbocycles. The number of nitrogens with one attached hydrogen (secondary N) is 3. The lowest BCUT2D eigenvalue weighted by Gasteiger charge is -2.50. The number of carbonyl (C=O) groups excluding carboxylic acids is 3. The van der Waals surface area contributed by atoms with Crippen LogP contribution in [-0.2, 0) is 61.8 Å². The normalized spacial score (nSPS) is 33.6. The molecule has 10 unspecified atom stereocenters. The van der Waals surface area contributed by atoms with Crippen molar-refractivity contribution >= 4 is 17.7 Å². The highest BCUT2D eigenvalue weighted by atomic mass is 16.8. The first kappa shape index (κ1) is 96.7. The molecule has 31 heteroatoms. The van der Waals surface area contributed by atoms with E-state index in [1.807, 2.05) is 6.08 Å². The summed E-state index contributed by atoms with van der Waals surface area (Å²) >= 11 is 0. The molecular formula is C78H143N3O28. The zero-order valence-electron chi connectivity index (χ0n) is 65.5. The molecule has 0 saturated carbocycles. The summed E-state index contributed by atoms with van der Waals surface area (Å²) in [4.78, 5) is 38.7. The third kappa shape index (κ3) is 33.0. The summed E-state index contributed by atoms with van der Waals surface area (Å²) < 4.78 is 59.3. The van der Waals surface area contributed by atoms with Crippen molar-refractivity contribution in [1.82, 2.24) is 16.0 Å². The van der Waals surface area contributed by atoms with E-state index in [0.717, 1.165) is 65.2 Å². The van der Waals surface area contributed by atoms with Crippen LogP contribution in [-0.4, -0.2) is 300 Å². The largest absolute Gasteiger partial charge is 0.394 e. The standard InChI is InChI=1S/C78H143N3O28/c1-5-7-9-11-13-15-17-19-20-21-22-23-24-25-26-27-28-30-32-34-36-38-40-42-58(90)81-51(52(89)41-39-37-35-33-31-29-18-16-14-12-10-8-6-2)48-100-76-67(97)66(96)70(57(47-86)105-76)106-77-69(99)73(64(94)56(46-85)103-77)109-78-68(98)72(63(93)55(45-84)104-78)108-75-60(80-50(4)88)71(62(92)54(44-83)102-75)107-74-59(79-49(3)87)65(95)61(91)53(43-82)101-74/h39,41,51-57,59-78,82-86,89,91-99H,5-38,40,42-48H2,1-4H3,(H,79,87)(H,80,88)(H,81,90)/b41-39+/t51-,52+,53?,54?,55?,56?,57?,59?,60?,61-,62-,63-,64-,65+,66+,67?,68?,69?,70+,71+,72-,73-,74+,75-,76+,77-,78+/m0/s1. The quantitative estimate of drug-likeness (QED) is 0.0307. The highest BCUT2D eigenvalue weighted by Gasteiger charge is 2.58. The fourth-order valence-corrected chi connectivity index (χ4v) is 15.0. The lowest BCUT2D eigenvalue weighted by atomic mass is 9.93. The Morgan fingerprint density at radius 2 is 0.688 bits per heavy atom. The number of hydrogen-bond donors (Lipinski definition) is 18. The van der Waals surface area contributed by atoms with Crippen LogP contribution in [0.4, 0.5) is 0 Å². The molecule has 27 atom stereocenters. The van der Waals surface area contributed by atoms with Crippen molar-refractivity contribution in [1.29, 1.82) is 0 Å². The molecule has 5 saturated heterocycles. The number of aliphatic hydroxyl groups is 15. The molecule has 5 heterocycles. The van der Waals surface area contributed by atoms with Crippen LogP contribution >= 0.6 is 0 Å². The average molecular weight is 1570 g/mol. The van der Waals surface area contributed by atoms with E-state index < -0.39 is 217 Å². The molecule has 0 aromatic heterocycles. The van der Waals surface area contributed by atoms with Gasteiger partial charge in [-0.05, 0) is 19.3 Å². The lowest BCUT2D eigenvalue weighted by molar-refractivity contribution is -0.389. The first-order valence-electron chi connectivity index (χ1n) is 41.5. The number of carbonyl (C=O) groups is 3. The van der Waals surface area contributed by atoms with E-state index in [1.165, 1.54) is 161 Å². The van der Waals surface area contributed by atoms with Crippen LogP contribution < -0.4 is 16.0 Å². The van der Waals surface area contributed by atoms with E-state index in [1.54, 1.807) is 6.08 Å². The summed E-state index contributed by atoms with van der Waals surface area (Å²) in [7, 11) is 0. The van der Waals surface area contributed by atoms with Crippen LogP contribution in [0.15, 0.2) is 12.2 Å². The first-order chi connectivity index (χ1) is 52.6. The third-order valence-electron chi connectivity index (χ3n) is 21.6. The summed E-state index contributed by atoms with van der Waals surface area (Å²) in [6.07, 6.45) is 1.36. The Morgan fingerprint density at radius 3 is 1.10 bits per heavy atom. The topological polar surface area (TPSA) is 483 Å². The van der Waals surface area contributed by atoms with E-state index in [4.69, 9.17) is 47.4 Å². The number of hydrogen-bond acceptors (Lipinski definition) is 28. The van der Waals surface area contributed by atoms with E-state index in [2.05, 4.69) is 29.8 Å². The van der Waals surface area contributed by atoms with Gasteiger partial charge in [-0.25, -0.2) is 0 Å². The highest BCUT2D eigenvalue weighted by Crippen LogP contribution is 2.37. The molecule has 5 rings (SSSR count). The van der Waals surface area contributed by atoms with E-state index in [-0.39, 0.29) is 12.3 Å². The predicted molar refractivity (Wildman–Crippen MR) is 398 cm³/mol. The fraction of sp³-hybridized carbons (Fsp3) is 0.936. The van der Waals surface area contributed by atoms with Gasteiger partial charge in [0.15, 0.2) is 31.5 Å². The summed E-state index contributed by atoms with van der Waals surface area (Å²) in [6.45, 7) is 1.38. The number of allylic oxidation sites excluding steroid dienone is 1. The van der Waals surface area contributed by atoms with Gasteiger partial charge in [0, 0.05) is 20.3 Å². The maximum Gasteiger partial charge on any atom is 0.220 e. The third-order valence-corrected chi connectivity index (χ3v) is 21.6. The second kappa shape index (κ2) is 54.9. The van der Waals surface area contributed by atoms with Crippen LogP contribution in [0, 0.1) is 0 Å². The Labute approximate surface area is 645 Å². The smallest absolute Gasteiger partial charge is 0.220 e. The lowest BCUT2D eigenvalue weighted by Crippen LogP contribution is -2.71. The van der Waals surface area contributed by atoms with Crippen LogP contribution in [0.3, 0.4) is 0 Å². The van der Waals surface area contributed by atoms with Gasteiger partial charge < -0.3 is 140 Å². The van der Waals surface area contributed by atoms with Gasteiger partial charge in [-0.3, -0.25) is 14.4 Å². The van der Waals surface area contributed by atoms with Crippen LogP contribution in [0.5, 0.6) is 0 Å². The molecule has 0 aromatic carbocycles. The Morgan fingerprint density at radius 1 is 0.358 bits per heavy atom. The van der Waals surface area contributed by atoms with Crippen molar-refractivity contribution in [3.05, 3.63) is 12.2 Å². The van der Waals surface area contributed by atoms with E-state index in [0.29, 0.717) is 12.8 Å². The number of ether oxygens (including phenoxy) is 10. The van der Waals surface area contributed by atoms with Crippen LogP contribution in [0.1, 0.15) is 259 Å². The van der Waals surface area contributed by atoms with Gasteiger partial charge in [-0.15, -0.1) is 0 Å². The SMILES string of the molecule is CCCCCCCCCCCCC/C=C/[C@@H](O)[C@H](CO[C@@H]1OC(CO)[C@@H](O[C@@H]2OC(CO)[C@H](O)[C@H](O[C@H]3OC(CO)[C@H](O)[C@H](O[C@@H]4OC(CO)[C@H](O)[C@H](O[C@H]5OC(CO)[C@H](O)[C@H](O)C5NC(C)=O)C4NC(C)=O)C3O)C2O)[C@H](O)C1O)NC(=O)CCCCCCCCCCCCCCCCCCCCCCCCC. The van der Waals surface area contributed by atoms with Gasteiger partial charge in [0.25, 0.3) is 0 Å². The molecule has 18 N–H and O–H groups in total. The Kier molecular flexibility index (Phi) is 48.7. The minimum atomic E-state index is -2.24. The van der Waals surface area contributed by atoms with Gasteiger partial charge in [0.2, 0.25) is 17.7 Å².